The Hall–Kier alpha value is -2.03. The first kappa shape index (κ1) is 13.4. The number of aromatic nitrogens is 2. The summed E-state index contributed by atoms with van der Waals surface area (Å²) < 4.78 is 7.84. The van der Waals surface area contributed by atoms with Crippen LogP contribution in [0, 0.1) is 0 Å². The third-order valence-corrected chi connectivity index (χ3v) is 3.18. The molecule has 3 heteroatoms. The van der Waals surface area contributed by atoms with Gasteiger partial charge in [0.15, 0.2) is 0 Å². The van der Waals surface area contributed by atoms with Gasteiger partial charge in [-0.05, 0) is 37.5 Å². The summed E-state index contributed by atoms with van der Waals surface area (Å²) in [4.78, 5) is 4.06. The molecule has 0 amide bonds. The smallest absolute Gasteiger partial charge is 0.119 e. The van der Waals surface area contributed by atoms with Crippen LogP contribution in [0.3, 0.4) is 0 Å². The molecule has 0 saturated carbocycles. The summed E-state index contributed by atoms with van der Waals surface area (Å²) in [5.74, 6) is 0.917. The van der Waals surface area contributed by atoms with Crippen LogP contribution in [0.1, 0.15) is 31.4 Å². The zero-order chi connectivity index (χ0) is 13.5. The zero-order valence-electron chi connectivity index (χ0n) is 11.3. The number of nitrogens with zero attached hydrogens (tertiary/aromatic N) is 2. The molecule has 0 radical (unpaired) electrons. The van der Waals surface area contributed by atoms with Crippen LogP contribution in [-0.2, 0) is 0 Å². The molecule has 100 valence electrons. The zero-order valence-corrected chi connectivity index (χ0v) is 11.3. The monoisotopic (exact) mass is 256 g/mol. The van der Waals surface area contributed by atoms with Crippen LogP contribution >= 0.6 is 0 Å². The number of hydrogen-bond acceptors (Lipinski definition) is 2. The van der Waals surface area contributed by atoms with E-state index in [1.807, 2.05) is 49.1 Å². The van der Waals surface area contributed by atoms with Crippen molar-refractivity contribution in [1.82, 2.24) is 9.55 Å². The summed E-state index contributed by atoms with van der Waals surface area (Å²) in [5, 5.41) is 0. The molecular weight excluding hydrogens is 236 g/mol. The highest BCUT2D eigenvalue weighted by Gasteiger charge is 2.03. The average molecular weight is 256 g/mol. The molecule has 1 unspecified atom stereocenters. The maximum Gasteiger partial charge on any atom is 0.119 e. The summed E-state index contributed by atoms with van der Waals surface area (Å²) in [5.41, 5.74) is 1.11. The molecule has 0 aliphatic carbocycles. The first-order valence-corrected chi connectivity index (χ1v) is 6.62. The SMILES string of the molecule is C=Cc1ccc(OCCCC(C)n2ccnc2)cc1. The van der Waals surface area contributed by atoms with Crippen LogP contribution in [0.5, 0.6) is 5.75 Å². The van der Waals surface area contributed by atoms with Crippen molar-refractivity contribution in [3.63, 3.8) is 0 Å². The minimum absolute atomic E-state index is 0.467. The average Bonchev–Trinajstić information content (AvgIpc) is 2.98. The van der Waals surface area contributed by atoms with Gasteiger partial charge in [0.1, 0.15) is 5.75 Å². The maximum atomic E-state index is 5.71. The van der Waals surface area contributed by atoms with Crippen LogP contribution < -0.4 is 4.74 Å². The highest BCUT2D eigenvalue weighted by Crippen LogP contribution is 2.15. The Balaban J connectivity index is 1.70. The predicted octanol–water partition coefficient (Wildman–Crippen LogP) is 3.95. The normalized spacial score (nSPS) is 12.1. The Morgan fingerprint density at radius 2 is 2.16 bits per heavy atom. The number of benzene rings is 1. The fourth-order valence-electron chi connectivity index (χ4n) is 1.95. The van der Waals surface area contributed by atoms with Gasteiger partial charge in [-0.15, -0.1) is 0 Å². The minimum Gasteiger partial charge on any atom is -0.494 e. The van der Waals surface area contributed by atoms with Crippen molar-refractivity contribution in [2.45, 2.75) is 25.8 Å². The maximum absolute atomic E-state index is 5.71. The Morgan fingerprint density at radius 1 is 1.37 bits per heavy atom. The van der Waals surface area contributed by atoms with Crippen molar-refractivity contribution in [1.29, 1.82) is 0 Å². The molecular formula is C16H20N2O. The first-order chi connectivity index (χ1) is 9.29. The largest absolute Gasteiger partial charge is 0.494 e. The lowest BCUT2D eigenvalue weighted by atomic mass is 10.2. The molecule has 0 N–H and O–H groups in total. The molecule has 19 heavy (non-hydrogen) atoms. The van der Waals surface area contributed by atoms with Crippen LogP contribution in [0.4, 0.5) is 0 Å². The van der Waals surface area contributed by atoms with Crippen molar-refractivity contribution < 1.29 is 4.74 Å². The second-order valence-electron chi connectivity index (χ2n) is 4.62. The quantitative estimate of drug-likeness (QED) is 0.701. The van der Waals surface area contributed by atoms with Gasteiger partial charge in [0.05, 0.1) is 12.9 Å². The van der Waals surface area contributed by atoms with Gasteiger partial charge in [0.2, 0.25) is 0 Å². The Bertz CT molecular complexity index is 488. The van der Waals surface area contributed by atoms with Gasteiger partial charge in [0, 0.05) is 18.4 Å². The van der Waals surface area contributed by atoms with Crippen LogP contribution in [-0.4, -0.2) is 16.2 Å². The van der Waals surface area contributed by atoms with E-state index in [1.54, 1.807) is 0 Å². The first-order valence-electron chi connectivity index (χ1n) is 6.62. The Morgan fingerprint density at radius 3 is 2.79 bits per heavy atom. The molecule has 3 nitrogen and oxygen atoms in total. The molecule has 2 aromatic rings. The van der Waals surface area contributed by atoms with E-state index in [0.717, 1.165) is 30.8 Å². The van der Waals surface area contributed by atoms with E-state index in [1.165, 1.54) is 0 Å². The van der Waals surface area contributed by atoms with Gasteiger partial charge < -0.3 is 9.30 Å². The van der Waals surface area contributed by atoms with Crippen molar-refractivity contribution in [2.24, 2.45) is 0 Å². The van der Waals surface area contributed by atoms with E-state index in [-0.39, 0.29) is 0 Å². The standard InChI is InChI=1S/C16H20N2O/c1-3-15-6-8-16(9-7-15)19-12-4-5-14(2)18-11-10-17-13-18/h3,6-11,13-14H,1,4-5,12H2,2H3. The molecule has 0 spiro atoms. The van der Waals surface area contributed by atoms with E-state index < -0.39 is 0 Å². The fraction of sp³-hybridized carbons (Fsp3) is 0.312. The molecule has 1 aromatic carbocycles. The number of rotatable bonds is 7. The lowest BCUT2D eigenvalue weighted by molar-refractivity contribution is 0.295. The molecule has 1 heterocycles. The Kier molecular flexibility index (Phi) is 4.78. The molecule has 0 saturated heterocycles. The van der Waals surface area contributed by atoms with Gasteiger partial charge in [-0.25, -0.2) is 4.98 Å². The third-order valence-electron chi connectivity index (χ3n) is 3.18. The second-order valence-corrected chi connectivity index (χ2v) is 4.62. The molecule has 0 aliphatic heterocycles. The van der Waals surface area contributed by atoms with Gasteiger partial charge in [0.25, 0.3) is 0 Å². The van der Waals surface area contributed by atoms with E-state index in [4.69, 9.17) is 4.74 Å². The van der Waals surface area contributed by atoms with Crippen molar-refractivity contribution in [3.8, 4) is 5.75 Å². The molecule has 2 rings (SSSR count). The number of hydrogen-bond donors (Lipinski definition) is 0. The van der Waals surface area contributed by atoms with Gasteiger partial charge in [-0.3, -0.25) is 0 Å². The topological polar surface area (TPSA) is 27.1 Å². The minimum atomic E-state index is 0.467. The molecule has 1 aromatic heterocycles. The number of imidazole rings is 1. The fourth-order valence-corrected chi connectivity index (χ4v) is 1.95. The third kappa shape index (κ3) is 3.98. The summed E-state index contributed by atoms with van der Waals surface area (Å²) in [7, 11) is 0. The summed E-state index contributed by atoms with van der Waals surface area (Å²) in [6.07, 6.45) is 9.62. The van der Waals surface area contributed by atoms with Crippen molar-refractivity contribution >= 4 is 6.08 Å². The van der Waals surface area contributed by atoms with Crippen LogP contribution in [0.15, 0.2) is 49.6 Å². The van der Waals surface area contributed by atoms with E-state index in [2.05, 4.69) is 23.1 Å². The Labute approximate surface area is 114 Å². The lowest BCUT2D eigenvalue weighted by Crippen LogP contribution is -2.05. The lowest BCUT2D eigenvalue weighted by Gasteiger charge is -2.13. The summed E-state index contributed by atoms with van der Waals surface area (Å²) in [6, 6.07) is 8.45. The van der Waals surface area contributed by atoms with E-state index >= 15 is 0 Å². The van der Waals surface area contributed by atoms with E-state index in [9.17, 15) is 0 Å². The summed E-state index contributed by atoms with van der Waals surface area (Å²) >= 11 is 0. The van der Waals surface area contributed by atoms with E-state index in [0.29, 0.717) is 6.04 Å². The van der Waals surface area contributed by atoms with Gasteiger partial charge >= 0.3 is 0 Å². The molecule has 0 fully saturated rings. The predicted molar refractivity (Wildman–Crippen MR) is 78.2 cm³/mol. The van der Waals surface area contributed by atoms with Gasteiger partial charge in [-0.1, -0.05) is 24.8 Å². The van der Waals surface area contributed by atoms with Crippen molar-refractivity contribution in [3.05, 3.63) is 55.1 Å². The number of ether oxygens (including phenoxy) is 1. The highest BCUT2D eigenvalue weighted by molar-refractivity contribution is 5.48. The second kappa shape index (κ2) is 6.78. The molecule has 0 aliphatic rings. The molecule has 0 bridgehead atoms. The van der Waals surface area contributed by atoms with Crippen LogP contribution in [0.2, 0.25) is 0 Å². The summed E-state index contributed by atoms with van der Waals surface area (Å²) in [6.45, 7) is 6.67. The highest BCUT2D eigenvalue weighted by atomic mass is 16.5. The molecule has 1 atom stereocenters. The van der Waals surface area contributed by atoms with Gasteiger partial charge in [-0.2, -0.15) is 0 Å². The van der Waals surface area contributed by atoms with Crippen LogP contribution in [0.25, 0.3) is 6.08 Å². The van der Waals surface area contributed by atoms with Crippen molar-refractivity contribution in [2.75, 3.05) is 6.61 Å².